The van der Waals surface area contributed by atoms with Crippen molar-refractivity contribution in [3.05, 3.63) is 38.0 Å². The minimum Gasteiger partial charge on any atom is -0.306 e. The van der Waals surface area contributed by atoms with Crippen molar-refractivity contribution in [1.29, 1.82) is 0 Å². The van der Waals surface area contributed by atoms with Gasteiger partial charge in [-0.2, -0.15) is 0 Å². The number of hydrogen-bond acceptors (Lipinski definition) is 4. The molecule has 0 unspecified atom stereocenters. The van der Waals surface area contributed by atoms with Crippen LogP contribution in [0.5, 0.6) is 0 Å². The van der Waals surface area contributed by atoms with Crippen LogP contribution in [0.3, 0.4) is 0 Å². The molecule has 80 valence electrons. The Morgan fingerprint density at radius 1 is 1.33 bits per heavy atom. The summed E-state index contributed by atoms with van der Waals surface area (Å²) in [5, 5.41) is 6.58. The van der Waals surface area contributed by atoms with E-state index in [4.69, 9.17) is 0 Å². The largest absolute Gasteiger partial charge is 0.306 e. The summed E-state index contributed by atoms with van der Waals surface area (Å²) in [5.74, 6) is 0. The van der Waals surface area contributed by atoms with E-state index in [1.165, 1.54) is 15.3 Å². The Balaban J connectivity index is 1.86. The molecule has 0 fully saturated rings. The first-order valence-corrected chi connectivity index (χ1v) is 6.60. The van der Waals surface area contributed by atoms with E-state index in [2.05, 4.69) is 30.2 Å². The second-order valence-corrected chi connectivity index (χ2v) is 5.91. The molecule has 0 atom stereocenters. The van der Waals surface area contributed by atoms with Crippen molar-refractivity contribution in [3.63, 3.8) is 0 Å². The van der Waals surface area contributed by atoms with E-state index in [0.717, 1.165) is 18.1 Å². The average molecular weight is 238 g/mol. The van der Waals surface area contributed by atoms with Crippen molar-refractivity contribution in [2.45, 2.75) is 26.9 Å². The van der Waals surface area contributed by atoms with Gasteiger partial charge in [-0.3, -0.25) is 0 Å². The topological polar surface area (TPSA) is 24.9 Å². The van der Waals surface area contributed by atoms with Crippen LogP contribution in [0.25, 0.3) is 0 Å². The summed E-state index contributed by atoms with van der Waals surface area (Å²) in [6.45, 7) is 6.14. The van der Waals surface area contributed by atoms with Gasteiger partial charge in [0.1, 0.15) is 5.01 Å². The van der Waals surface area contributed by atoms with Crippen molar-refractivity contribution in [1.82, 2.24) is 10.3 Å². The third-order valence-electron chi connectivity index (χ3n) is 2.22. The van der Waals surface area contributed by atoms with Crippen LogP contribution in [0, 0.1) is 13.8 Å². The molecule has 0 aliphatic rings. The van der Waals surface area contributed by atoms with Crippen molar-refractivity contribution in [2.75, 3.05) is 0 Å². The van der Waals surface area contributed by atoms with Gasteiger partial charge in [0.15, 0.2) is 0 Å². The van der Waals surface area contributed by atoms with Crippen LogP contribution >= 0.6 is 22.7 Å². The lowest BCUT2D eigenvalue weighted by Crippen LogP contribution is -2.12. The molecule has 2 aromatic heterocycles. The summed E-state index contributed by atoms with van der Waals surface area (Å²) in [4.78, 5) is 7.04. The number of thiophene rings is 1. The first-order valence-electron chi connectivity index (χ1n) is 4.90. The molecule has 2 aromatic rings. The molecule has 2 rings (SSSR count). The minimum atomic E-state index is 0.867. The first-order chi connectivity index (χ1) is 7.25. The summed E-state index contributed by atoms with van der Waals surface area (Å²) in [7, 11) is 0. The van der Waals surface area contributed by atoms with E-state index < -0.39 is 0 Å². The Hall–Kier alpha value is -0.710. The number of nitrogens with one attached hydrogen (secondary N) is 1. The lowest BCUT2D eigenvalue weighted by Gasteiger charge is -2.01. The smallest absolute Gasteiger partial charge is 0.106 e. The Kier molecular flexibility index (Phi) is 3.51. The van der Waals surface area contributed by atoms with Crippen molar-refractivity contribution in [3.8, 4) is 0 Å². The predicted octanol–water partition coefficient (Wildman–Crippen LogP) is 3.11. The number of nitrogens with zero attached hydrogens (tertiary/aromatic N) is 1. The molecule has 1 N–H and O–H groups in total. The molecule has 0 spiro atoms. The van der Waals surface area contributed by atoms with Crippen LogP contribution in [0.1, 0.15) is 20.3 Å². The highest BCUT2D eigenvalue weighted by Gasteiger charge is 2.02. The lowest BCUT2D eigenvalue weighted by molar-refractivity contribution is 0.689. The Labute approximate surface area is 98.0 Å². The zero-order valence-electron chi connectivity index (χ0n) is 8.91. The molecule has 15 heavy (non-hydrogen) atoms. The van der Waals surface area contributed by atoms with Crippen LogP contribution in [0.4, 0.5) is 0 Å². The summed E-state index contributed by atoms with van der Waals surface area (Å²) < 4.78 is 0. The third-order valence-corrected chi connectivity index (χ3v) is 4.01. The van der Waals surface area contributed by atoms with Gasteiger partial charge in [-0.05, 0) is 25.5 Å². The third kappa shape index (κ3) is 2.87. The Morgan fingerprint density at radius 2 is 2.20 bits per heavy atom. The summed E-state index contributed by atoms with van der Waals surface area (Å²) >= 11 is 3.56. The summed E-state index contributed by atoms with van der Waals surface area (Å²) in [5.41, 5.74) is 1.41. The van der Waals surface area contributed by atoms with Crippen LogP contribution in [-0.4, -0.2) is 4.98 Å². The van der Waals surface area contributed by atoms with Gasteiger partial charge in [-0.15, -0.1) is 22.7 Å². The normalized spacial score (nSPS) is 10.8. The number of aromatic nitrogens is 1. The molecular formula is C11H14N2S2. The molecule has 2 heterocycles. The van der Waals surface area contributed by atoms with Crippen LogP contribution in [0.2, 0.25) is 0 Å². The molecule has 2 nitrogen and oxygen atoms in total. The lowest BCUT2D eigenvalue weighted by atomic mass is 10.2. The van der Waals surface area contributed by atoms with Gasteiger partial charge in [0.25, 0.3) is 0 Å². The molecule has 0 aliphatic heterocycles. The fourth-order valence-corrected chi connectivity index (χ4v) is 3.04. The fourth-order valence-electron chi connectivity index (χ4n) is 1.50. The van der Waals surface area contributed by atoms with E-state index >= 15 is 0 Å². The van der Waals surface area contributed by atoms with Gasteiger partial charge in [0, 0.05) is 34.4 Å². The number of thiazole rings is 1. The van der Waals surface area contributed by atoms with E-state index in [0.29, 0.717) is 0 Å². The fraction of sp³-hybridized carbons (Fsp3) is 0.364. The monoisotopic (exact) mass is 238 g/mol. The van der Waals surface area contributed by atoms with E-state index in [1.807, 2.05) is 22.9 Å². The molecule has 0 bridgehead atoms. The number of rotatable bonds is 4. The Bertz CT molecular complexity index is 418. The molecule has 0 aromatic carbocycles. The van der Waals surface area contributed by atoms with Crippen molar-refractivity contribution >= 4 is 22.7 Å². The van der Waals surface area contributed by atoms with E-state index in [9.17, 15) is 0 Å². The van der Waals surface area contributed by atoms with Crippen molar-refractivity contribution < 1.29 is 0 Å². The zero-order chi connectivity index (χ0) is 10.7. The van der Waals surface area contributed by atoms with E-state index in [1.54, 1.807) is 11.3 Å². The van der Waals surface area contributed by atoms with Gasteiger partial charge in [0.05, 0.1) is 0 Å². The van der Waals surface area contributed by atoms with Gasteiger partial charge in [-0.25, -0.2) is 4.98 Å². The predicted molar refractivity (Wildman–Crippen MR) is 66.5 cm³/mol. The molecule has 0 radical (unpaired) electrons. The van der Waals surface area contributed by atoms with Gasteiger partial charge >= 0.3 is 0 Å². The first kappa shape index (κ1) is 10.8. The molecule has 0 saturated heterocycles. The maximum absolute atomic E-state index is 4.23. The standard InChI is InChI=1S/C11H14N2S2/c1-8-5-10(9(2)15-8)6-12-7-11-13-3-4-14-11/h3-5,12H,6-7H2,1-2H3. The van der Waals surface area contributed by atoms with Crippen LogP contribution < -0.4 is 5.32 Å². The maximum atomic E-state index is 4.23. The SMILES string of the molecule is Cc1cc(CNCc2nccs2)c(C)s1. The maximum Gasteiger partial charge on any atom is 0.106 e. The second kappa shape index (κ2) is 4.88. The van der Waals surface area contributed by atoms with Gasteiger partial charge in [-0.1, -0.05) is 0 Å². The molecule has 0 aliphatic carbocycles. The highest BCUT2D eigenvalue weighted by Crippen LogP contribution is 2.20. The molecular weight excluding hydrogens is 224 g/mol. The quantitative estimate of drug-likeness (QED) is 0.885. The summed E-state index contributed by atoms with van der Waals surface area (Å²) in [6.07, 6.45) is 1.85. The number of hydrogen-bond donors (Lipinski definition) is 1. The second-order valence-electron chi connectivity index (χ2n) is 3.47. The van der Waals surface area contributed by atoms with Gasteiger partial charge in [0.2, 0.25) is 0 Å². The highest BCUT2D eigenvalue weighted by atomic mass is 32.1. The minimum absolute atomic E-state index is 0.867. The van der Waals surface area contributed by atoms with Gasteiger partial charge < -0.3 is 5.32 Å². The average Bonchev–Trinajstić information content (AvgIpc) is 2.77. The van der Waals surface area contributed by atoms with Crippen LogP contribution in [0.15, 0.2) is 17.6 Å². The van der Waals surface area contributed by atoms with Crippen LogP contribution in [-0.2, 0) is 13.1 Å². The molecule has 0 amide bonds. The highest BCUT2D eigenvalue weighted by molar-refractivity contribution is 7.12. The molecule has 4 heteroatoms. The number of aryl methyl sites for hydroxylation is 2. The summed E-state index contributed by atoms with van der Waals surface area (Å²) in [6, 6.07) is 2.26. The van der Waals surface area contributed by atoms with E-state index in [-0.39, 0.29) is 0 Å². The molecule has 0 saturated carbocycles. The Morgan fingerprint density at radius 3 is 2.80 bits per heavy atom. The zero-order valence-corrected chi connectivity index (χ0v) is 10.5. The van der Waals surface area contributed by atoms with Crippen molar-refractivity contribution in [2.24, 2.45) is 0 Å².